The van der Waals surface area contributed by atoms with E-state index in [9.17, 15) is 4.79 Å². The molecule has 0 amide bonds. The molecule has 0 bridgehead atoms. The zero-order chi connectivity index (χ0) is 10.7. The molecule has 1 rings (SSSR count). The highest BCUT2D eigenvalue weighted by atomic mass is 32.1. The number of carbonyl (C=O) groups is 1. The van der Waals surface area contributed by atoms with Crippen LogP contribution in [-0.4, -0.2) is 24.3 Å². The van der Waals surface area contributed by atoms with E-state index in [1.165, 1.54) is 16.9 Å². The molecule has 0 aliphatic heterocycles. The Hall–Kier alpha value is -0.870. The quantitative estimate of drug-likeness (QED) is 0.834. The van der Waals surface area contributed by atoms with Gasteiger partial charge in [0.2, 0.25) is 0 Å². The lowest BCUT2D eigenvalue weighted by Gasteiger charge is -2.09. The Morgan fingerprint density at radius 2 is 2.29 bits per heavy atom. The van der Waals surface area contributed by atoms with E-state index >= 15 is 0 Å². The molecule has 0 radical (unpaired) electrons. The minimum Gasteiger partial charge on any atom is -0.479 e. The first-order valence-electron chi connectivity index (χ1n) is 4.36. The van der Waals surface area contributed by atoms with Crippen molar-refractivity contribution in [1.82, 2.24) is 0 Å². The summed E-state index contributed by atoms with van der Waals surface area (Å²) in [5, 5.41) is 8.81. The van der Waals surface area contributed by atoms with Crippen LogP contribution in [-0.2, 0) is 16.0 Å². The van der Waals surface area contributed by atoms with Gasteiger partial charge in [-0.3, -0.25) is 0 Å². The maximum absolute atomic E-state index is 10.7. The van der Waals surface area contributed by atoms with E-state index in [0.717, 1.165) is 5.56 Å². The SMILES string of the molecule is COC(Cc1cc(C)sc1C)C(=O)O. The van der Waals surface area contributed by atoms with Gasteiger partial charge in [-0.05, 0) is 25.5 Å². The molecule has 1 N–H and O–H groups in total. The largest absolute Gasteiger partial charge is 0.479 e. The molecule has 0 saturated heterocycles. The summed E-state index contributed by atoms with van der Waals surface area (Å²) in [5.74, 6) is -0.907. The van der Waals surface area contributed by atoms with E-state index in [2.05, 4.69) is 0 Å². The van der Waals surface area contributed by atoms with E-state index in [0.29, 0.717) is 6.42 Å². The van der Waals surface area contributed by atoms with Gasteiger partial charge in [0.05, 0.1) is 0 Å². The fraction of sp³-hybridized carbons (Fsp3) is 0.500. The lowest BCUT2D eigenvalue weighted by atomic mass is 10.1. The van der Waals surface area contributed by atoms with E-state index in [1.807, 2.05) is 19.9 Å². The van der Waals surface area contributed by atoms with Crippen molar-refractivity contribution < 1.29 is 14.6 Å². The predicted octanol–water partition coefficient (Wildman–Crippen LogP) is 2.01. The third-order valence-corrected chi connectivity index (χ3v) is 3.12. The maximum atomic E-state index is 10.7. The lowest BCUT2D eigenvalue weighted by Crippen LogP contribution is -2.24. The minimum atomic E-state index is -0.907. The van der Waals surface area contributed by atoms with Crippen molar-refractivity contribution in [3.05, 3.63) is 21.4 Å². The monoisotopic (exact) mass is 214 g/mol. The predicted molar refractivity (Wildman–Crippen MR) is 55.9 cm³/mol. The van der Waals surface area contributed by atoms with Crippen LogP contribution in [0.3, 0.4) is 0 Å². The van der Waals surface area contributed by atoms with Crippen LogP contribution >= 0.6 is 11.3 Å². The number of aryl methyl sites for hydroxylation is 2. The molecule has 0 spiro atoms. The number of rotatable bonds is 4. The standard InChI is InChI=1S/C10H14O3S/c1-6-4-8(7(2)14-6)5-9(13-3)10(11)12/h4,9H,5H2,1-3H3,(H,11,12). The molecular formula is C10H14O3S. The minimum absolute atomic E-state index is 0.446. The number of carboxylic acid groups (broad SMARTS) is 1. The van der Waals surface area contributed by atoms with Crippen molar-refractivity contribution in [2.45, 2.75) is 26.4 Å². The van der Waals surface area contributed by atoms with E-state index in [-0.39, 0.29) is 0 Å². The number of aliphatic carboxylic acids is 1. The van der Waals surface area contributed by atoms with Crippen LogP contribution in [0.1, 0.15) is 15.3 Å². The molecule has 1 aromatic rings. The molecule has 14 heavy (non-hydrogen) atoms. The van der Waals surface area contributed by atoms with Crippen molar-refractivity contribution in [1.29, 1.82) is 0 Å². The fourth-order valence-corrected chi connectivity index (χ4v) is 2.31. The number of hydrogen-bond donors (Lipinski definition) is 1. The summed E-state index contributed by atoms with van der Waals surface area (Å²) in [7, 11) is 1.42. The summed E-state index contributed by atoms with van der Waals surface area (Å²) in [6, 6.07) is 2.02. The lowest BCUT2D eigenvalue weighted by molar-refractivity contribution is -0.148. The Labute approximate surface area is 87.3 Å². The second-order valence-corrected chi connectivity index (χ2v) is 4.67. The molecule has 0 saturated carbocycles. The topological polar surface area (TPSA) is 46.5 Å². The molecule has 0 aliphatic rings. The molecule has 78 valence electrons. The van der Waals surface area contributed by atoms with Crippen LogP contribution in [0.4, 0.5) is 0 Å². The van der Waals surface area contributed by atoms with Gasteiger partial charge in [-0.15, -0.1) is 11.3 Å². The van der Waals surface area contributed by atoms with Gasteiger partial charge in [-0.25, -0.2) is 4.79 Å². The summed E-state index contributed by atoms with van der Waals surface area (Å²) in [6.07, 6.45) is -0.287. The highest BCUT2D eigenvalue weighted by molar-refractivity contribution is 7.12. The molecule has 4 heteroatoms. The first-order chi connectivity index (χ1) is 6.54. The first-order valence-corrected chi connectivity index (χ1v) is 5.17. The van der Waals surface area contributed by atoms with Gasteiger partial charge in [0.1, 0.15) is 0 Å². The molecule has 1 atom stereocenters. The third kappa shape index (κ3) is 2.56. The van der Waals surface area contributed by atoms with Crippen molar-refractivity contribution >= 4 is 17.3 Å². The van der Waals surface area contributed by atoms with Gasteiger partial charge in [-0.1, -0.05) is 0 Å². The van der Waals surface area contributed by atoms with Crippen molar-refractivity contribution in [2.24, 2.45) is 0 Å². The number of methoxy groups -OCH3 is 1. The van der Waals surface area contributed by atoms with Crippen molar-refractivity contribution in [2.75, 3.05) is 7.11 Å². The second kappa shape index (κ2) is 4.57. The summed E-state index contributed by atoms with van der Waals surface area (Å²) in [4.78, 5) is 13.1. The zero-order valence-corrected chi connectivity index (χ0v) is 9.35. The molecule has 0 aromatic carbocycles. The Bertz CT molecular complexity index is 330. The van der Waals surface area contributed by atoms with Gasteiger partial charge < -0.3 is 9.84 Å². The number of ether oxygens (including phenoxy) is 1. The van der Waals surface area contributed by atoms with E-state index in [1.54, 1.807) is 11.3 Å². The Morgan fingerprint density at radius 3 is 2.64 bits per heavy atom. The molecule has 1 aromatic heterocycles. The van der Waals surface area contributed by atoms with Crippen LogP contribution in [0.5, 0.6) is 0 Å². The summed E-state index contributed by atoms with van der Waals surface area (Å²) in [6.45, 7) is 4.02. The summed E-state index contributed by atoms with van der Waals surface area (Å²) < 4.78 is 4.89. The van der Waals surface area contributed by atoms with Crippen molar-refractivity contribution in [3.8, 4) is 0 Å². The fourth-order valence-electron chi connectivity index (χ4n) is 1.36. The van der Waals surface area contributed by atoms with Gasteiger partial charge in [-0.2, -0.15) is 0 Å². The average molecular weight is 214 g/mol. The third-order valence-electron chi connectivity index (χ3n) is 2.11. The molecular weight excluding hydrogens is 200 g/mol. The van der Waals surface area contributed by atoms with Crippen LogP contribution < -0.4 is 0 Å². The summed E-state index contributed by atoms with van der Waals surface area (Å²) in [5.41, 5.74) is 1.07. The highest BCUT2D eigenvalue weighted by Crippen LogP contribution is 2.22. The van der Waals surface area contributed by atoms with Gasteiger partial charge in [0, 0.05) is 23.3 Å². The number of thiophene rings is 1. The van der Waals surface area contributed by atoms with Crippen molar-refractivity contribution in [3.63, 3.8) is 0 Å². The van der Waals surface area contributed by atoms with Gasteiger partial charge in [0.15, 0.2) is 6.10 Å². The van der Waals surface area contributed by atoms with Crippen LogP contribution in [0.15, 0.2) is 6.07 Å². The number of hydrogen-bond acceptors (Lipinski definition) is 3. The maximum Gasteiger partial charge on any atom is 0.333 e. The molecule has 1 unspecified atom stereocenters. The Morgan fingerprint density at radius 1 is 1.64 bits per heavy atom. The highest BCUT2D eigenvalue weighted by Gasteiger charge is 2.18. The number of carboxylic acids is 1. The summed E-state index contributed by atoms with van der Waals surface area (Å²) >= 11 is 1.68. The van der Waals surface area contributed by atoms with E-state index in [4.69, 9.17) is 9.84 Å². The molecule has 1 heterocycles. The first kappa shape index (κ1) is 11.2. The van der Waals surface area contributed by atoms with Gasteiger partial charge >= 0.3 is 5.97 Å². The average Bonchev–Trinajstić information content (AvgIpc) is 2.40. The van der Waals surface area contributed by atoms with Crippen LogP contribution in [0, 0.1) is 13.8 Å². The van der Waals surface area contributed by atoms with E-state index < -0.39 is 12.1 Å². The smallest absolute Gasteiger partial charge is 0.333 e. The zero-order valence-electron chi connectivity index (χ0n) is 8.53. The Kier molecular flexibility index (Phi) is 3.66. The van der Waals surface area contributed by atoms with Crippen LogP contribution in [0.2, 0.25) is 0 Å². The van der Waals surface area contributed by atoms with Gasteiger partial charge in [0.25, 0.3) is 0 Å². The molecule has 3 nitrogen and oxygen atoms in total. The Balaban J connectivity index is 2.76. The molecule has 0 aliphatic carbocycles. The normalized spacial score (nSPS) is 12.8. The molecule has 0 fully saturated rings. The second-order valence-electron chi connectivity index (χ2n) is 3.21. The van der Waals surface area contributed by atoms with Crippen LogP contribution in [0.25, 0.3) is 0 Å².